The third kappa shape index (κ3) is 7.71. The summed E-state index contributed by atoms with van der Waals surface area (Å²) < 4.78 is 42.9. The van der Waals surface area contributed by atoms with E-state index < -0.39 is 40.2 Å². The Balaban J connectivity index is 2.02. The summed E-state index contributed by atoms with van der Waals surface area (Å²) in [6.45, 7) is 3.09. The summed E-state index contributed by atoms with van der Waals surface area (Å²) in [5.41, 5.74) is 0.213. The maximum absolute atomic E-state index is 14.9. The lowest BCUT2D eigenvalue weighted by Crippen LogP contribution is -2.51. The fourth-order valence-electron chi connectivity index (χ4n) is 3.84. The lowest BCUT2D eigenvalue weighted by Gasteiger charge is -2.32. The zero-order chi connectivity index (χ0) is 28.6. The summed E-state index contributed by atoms with van der Waals surface area (Å²) in [4.78, 5) is 27.9. The van der Waals surface area contributed by atoms with E-state index >= 15 is 0 Å². The first-order chi connectivity index (χ1) is 18.6. The Kier molecular flexibility index (Phi) is 10.7. The van der Waals surface area contributed by atoms with E-state index in [4.69, 9.17) is 23.2 Å². The van der Waals surface area contributed by atoms with E-state index in [1.807, 2.05) is 6.92 Å². The number of para-hydroxylation sites is 1. The Morgan fingerprint density at radius 2 is 1.67 bits per heavy atom. The van der Waals surface area contributed by atoms with Crippen LogP contribution in [-0.4, -0.2) is 44.3 Å². The van der Waals surface area contributed by atoms with Crippen LogP contribution in [0.5, 0.6) is 0 Å². The Hall–Kier alpha value is -3.14. The first-order valence-corrected chi connectivity index (χ1v) is 14.6. The molecule has 2 amide bonds. The predicted octanol–water partition coefficient (Wildman–Crippen LogP) is 5.66. The highest BCUT2D eigenvalue weighted by Crippen LogP contribution is 2.28. The van der Waals surface area contributed by atoms with Gasteiger partial charge in [-0.3, -0.25) is 13.9 Å². The Labute approximate surface area is 238 Å². The SMILES string of the molecule is CCCCNC(=O)[C@@H](C)N(Cc1ccc(Cl)cc1Cl)C(=O)CN(c1ccccc1F)S(=O)(=O)c1ccccc1. The molecule has 0 fully saturated rings. The molecule has 11 heteroatoms. The van der Waals surface area contributed by atoms with Crippen molar-refractivity contribution in [3.63, 3.8) is 0 Å². The summed E-state index contributed by atoms with van der Waals surface area (Å²) in [5, 5.41) is 3.47. The zero-order valence-electron chi connectivity index (χ0n) is 21.6. The standard InChI is InChI=1S/C28H30Cl2FN3O4S/c1-3-4-16-32-28(36)20(2)33(18-21-14-15-22(29)17-24(21)30)27(35)19-34(26-13-9-8-12-25(26)31)39(37,38)23-10-6-5-7-11-23/h5-15,17,20H,3-4,16,18-19H2,1-2H3,(H,32,36)/t20-/m1/s1. The molecule has 3 aromatic carbocycles. The van der Waals surface area contributed by atoms with Gasteiger partial charge in [-0.2, -0.15) is 0 Å². The number of sulfonamides is 1. The highest BCUT2D eigenvalue weighted by atomic mass is 35.5. The van der Waals surface area contributed by atoms with Crippen LogP contribution in [0.3, 0.4) is 0 Å². The van der Waals surface area contributed by atoms with E-state index in [-0.39, 0.29) is 22.2 Å². The third-order valence-electron chi connectivity index (χ3n) is 6.08. The Morgan fingerprint density at radius 1 is 1.00 bits per heavy atom. The van der Waals surface area contributed by atoms with Gasteiger partial charge in [-0.05, 0) is 55.3 Å². The minimum absolute atomic E-state index is 0.103. The van der Waals surface area contributed by atoms with Crippen LogP contribution in [0.4, 0.5) is 10.1 Å². The van der Waals surface area contributed by atoms with Gasteiger partial charge in [0.25, 0.3) is 10.0 Å². The fourth-order valence-corrected chi connectivity index (χ4v) is 5.75. The molecule has 3 aromatic rings. The molecule has 7 nitrogen and oxygen atoms in total. The molecule has 0 unspecified atom stereocenters. The van der Waals surface area contributed by atoms with Crippen LogP contribution < -0.4 is 9.62 Å². The number of anilines is 1. The maximum Gasteiger partial charge on any atom is 0.264 e. The summed E-state index contributed by atoms with van der Waals surface area (Å²) >= 11 is 12.4. The molecule has 0 saturated heterocycles. The van der Waals surface area contributed by atoms with Crippen molar-refractivity contribution in [3.8, 4) is 0 Å². The van der Waals surface area contributed by atoms with Crippen molar-refractivity contribution in [3.05, 3.63) is 94.2 Å². The molecule has 3 rings (SSSR count). The van der Waals surface area contributed by atoms with Crippen LogP contribution in [-0.2, 0) is 26.2 Å². The first-order valence-electron chi connectivity index (χ1n) is 12.4. The van der Waals surface area contributed by atoms with Gasteiger partial charge < -0.3 is 10.2 Å². The first kappa shape index (κ1) is 30.4. The lowest BCUT2D eigenvalue weighted by atomic mass is 10.1. The van der Waals surface area contributed by atoms with Crippen molar-refractivity contribution in [2.45, 2.75) is 44.2 Å². The molecule has 0 aliphatic carbocycles. The van der Waals surface area contributed by atoms with Gasteiger partial charge in [0.1, 0.15) is 18.4 Å². The Bertz CT molecular complexity index is 1410. The van der Waals surface area contributed by atoms with Gasteiger partial charge in [-0.15, -0.1) is 0 Å². The van der Waals surface area contributed by atoms with Crippen molar-refractivity contribution in [1.82, 2.24) is 10.2 Å². The van der Waals surface area contributed by atoms with E-state index in [1.165, 1.54) is 53.4 Å². The summed E-state index contributed by atoms with van der Waals surface area (Å²) in [7, 11) is -4.35. The second kappa shape index (κ2) is 13.8. The van der Waals surface area contributed by atoms with E-state index in [9.17, 15) is 22.4 Å². The third-order valence-corrected chi connectivity index (χ3v) is 8.44. The molecule has 0 aliphatic rings. The Morgan fingerprint density at radius 3 is 2.31 bits per heavy atom. The van der Waals surface area contributed by atoms with E-state index in [2.05, 4.69) is 5.32 Å². The number of amides is 2. The number of halogens is 3. The topological polar surface area (TPSA) is 86.8 Å². The van der Waals surface area contributed by atoms with Crippen molar-refractivity contribution < 1.29 is 22.4 Å². The van der Waals surface area contributed by atoms with Crippen LogP contribution in [0, 0.1) is 5.82 Å². The molecule has 1 atom stereocenters. The number of nitrogens with one attached hydrogen (secondary N) is 1. The molecule has 1 N–H and O–H groups in total. The van der Waals surface area contributed by atoms with Crippen LogP contribution >= 0.6 is 23.2 Å². The smallest absolute Gasteiger partial charge is 0.264 e. The molecule has 0 radical (unpaired) electrons. The van der Waals surface area contributed by atoms with Crippen molar-refractivity contribution in [2.24, 2.45) is 0 Å². The monoisotopic (exact) mass is 593 g/mol. The number of carbonyl (C=O) groups is 2. The molecular weight excluding hydrogens is 564 g/mol. The molecule has 0 saturated carbocycles. The fraction of sp³-hybridized carbons (Fsp3) is 0.286. The largest absolute Gasteiger partial charge is 0.354 e. The lowest BCUT2D eigenvalue weighted by molar-refractivity contribution is -0.139. The molecule has 0 spiro atoms. The maximum atomic E-state index is 14.9. The molecule has 0 aliphatic heterocycles. The highest BCUT2D eigenvalue weighted by Gasteiger charge is 2.33. The molecule has 0 aromatic heterocycles. The van der Waals surface area contributed by atoms with Crippen molar-refractivity contribution >= 4 is 50.7 Å². The van der Waals surface area contributed by atoms with Gasteiger partial charge in [0, 0.05) is 23.1 Å². The zero-order valence-corrected chi connectivity index (χ0v) is 23.9. The van der Waals surface area contributed by atoms with Gasteiger partial charge in [-0.1, -0.05) is 72.9 Å². The van der Waals surface area contributed by atoms with Crippen LogP contribution in [0.2, 0.25) is 10.0 Å². The van der Waals surface area contributed by atoms with Crippen LogP contribution in [0.25, 0.3) is 0 Å². The second-order valence-corrected chi connectivity index (χ2v) is 11.6. The van der Waals surface area contributed by atoms with Crippen molar-refractivity contribution in [1.29, 1.82) is 0 Å². The van der Waals surface area contributed by atoms with Crippen LogP contribution in [0.1, 0.15) is 32.3 Å². The molecule has 0 heterocycles. The van der Waals surface area contributed by atoms with E-state index in [1.54, 1.807) is 25.1 Å². The number of benzene rings is 3. The minimum Gasteiger partial charge on any atom is -0.354 e. The highest BCUT2D eigenvalue weighted by molar-refractivity contribution is 7.92. The quantitative estimate of drug-likeness (QED) is 0.274. The minimum atomic E-state index is -4.35. The summed E-state index contributed by atoms with van der Waals surface area (Å²) in [6, 6.07) is 16.5. The number of rotatable bonds is 12. The normalized spacial score (nSPS) is 12.0. The second-order valence-electron chi connectivity index (χ2n) is 8.85. The van der Waals surface area contributed by atoms with E-state index in [0.717, 1.165) is 23.2 Å². The number of hydrogen-bond acceptors (Lipinski definition) is 4. The van der Waals surface area contributed by atoms with Gasteiger partial charge in [0.15, 0.2) is 0 Å². The van der Waals surface area contributed by atoms with E-state index in [0.29, 0.717) is 17.1 Å². The van der Waals surface area contributed by atoms with Crippen molar-refractivity contribution in [2.75, 3.05) is 17.4 Å². The van der Waals surface area contributed by atoms with Gasteiger partial charge >= 0.3 is 0 Å². The summed E-state index contributed by atoms with van der Waals surface area (Å²) in [5.74, 6) is -1.95. The number of carbonyl (C=O) groups excluding carboxylic acids is 2. The van der Waals surface area contributed by atoms with Gasteiger partial charge in [0.2, 0.25) is 11.8 Å². The van der Waals surface area contributed by atoms with Crippen LogP contribution in [0.15, 0.2) is 77.7 Å². The summed E-state index contributed by atoms with van der Waals surface area (Å²) in [6.07, 6.45) is 1.62. The number of unbranched alkanes of at least 4 members (excludes halogenated alkanes) is 1. The van der Waals surface area contributed by atoms with Gasteiger partial charge in [0.05, 0.1) is 10.6 Å². The number of hydrogen-bond donors (Lipinski definition) is 1. The molecule has 208 valence electrons. The molecule has 0 bridgehead atoms. The number of nitrogens with zero attached hydrogens (tertiary/aromatic N) is 2. The predicted molar refractivity (Wildman–Crippen MR) is 152 cm³/mol. The molecule has 39 heavy (non-hydrogen) atoms. The average molecular weight is 595 g/mol. The molecular formula is C28H30Cl2FN3O4S. The van der Waals surface area contributed by atoms with Gasteiger partial charge in [-0.25, -0.2) is 12.8 Å². The average Bonchev–Trinajstić information content (AvgIpc) is 2.92.